The van der Waals surface area contributed by atoms with E-state index >= 15 is 0 Å². The van der Waals surface area contributed by atoms with E-state index in [4.69, 9.17) is 0 Å². The van der Waals surface area contributed by atoms with Crippen LogP contribution in [0.4, 0.5) is 22.0 Å². The molecule has 2 nitrogen and oxygen atoms in total. The van der Waals surface area contributed by atoms with Crippen LogP contribution in [0.3, 0.4) is 0 Å². The largest absolute Gasteiger partial charge is 0.388 e. The average Bonchev–Trinajstić information content (AvgIpc) is 2.02. The van der Waals surface area contributed by atoms with E-state index in [9.17, 15) is 26.7 Å². The van der Waals surface area contributed by atoms with Gasteiger partial charge in [0, 0.05) is 7.05 Å². The van der Waals surface area contributed by atoms with Gasteiger partial charge in [0.2, 0.25) is 0 Å². The van der Waals surface area contributed by atoms with Gasteiger partial charge in [-0.25, -0.2) is 4.39 Å². The summed E-state index contributed by atoms with van der Waals surface area (Å²) in [6, 6.07) is 0. The molecule has 1 amide bonds. The lowest BCUT2D eigenvalue weighted by Crippen LogP contribution is -2.52. The van der Waals surface area contributed by atoms with Gasteiger partial charge >= 0.3 is 11.8 Å². The summed E-state index contributed by atoms with van der Waals surface area (Å²) >= 11 is 0. The number of carbonyl (C=O) groups excluding carboxylic acids is 1. The van der Waals surface area contributed by atoms with Gasteiger partial charge in [0.25, 0.3) is 5.91 Å². The molecule has 7 heteroatoms. The molecule has 0 spiro atoms. The van der Waals surface area contributed by atoms with Crippen molar-refractivity contribution in [2.75, 3.05) is 13.7 Å². The number of nitrogens with one attached hydrogen (secondary N) is 1. The molecule has 0 heterocycles. The highest BCUT2D eigenvalue weighted by Crippen LogP contribution is 2.34. The molecule has 0 aromatic heterocycles. The van der Waals surface area contributed by atoms with Gasteiger partial charge in [-0.3, -0.25) is 4.79 Å². The van der Waals surface area contributed by atoms with E-state index in [0.717, 1.165) is 7.05 Å². The van der Waals surface area contributed by atoms with Crippen LogP contribution in [0.2, 0.25) is 0 Å². The van der Waals surface area contributed by atoms with Crippen LogP contribution >= 0.6 is 0 Å². The van der Waals surface area contributed by atoms with Crippen molar-refractivity contribution < 1.29 is 26.7 Å². The zero-order chi connectivity index (χ0) is 9.99. The Bertz CT molecular complexity index is 181. The predicted molar refractivity (Wildman–Crippen MR) is 29.9 cm³/mol. The molecule has 0 aromatic carbocycles. The quantitative estimate of drug-likeness (QED) is 0.661. The number of halogens is 5. The fourth-order valence-corrected chi connectivity index (χ4v) is 0.407. The number of rotatable bonds is 3. The molecule has 0 atom stereocenters. The fraction of sp³-hybridized carbons (Fsp3) is 0.800. The van der Waals surface area contributed by atoms with Crippen molar-refractivity contribution in [3.05, 3.63) is 0 Å². The maximum absolute atomic E-state index is 12.2. The van der Waals surface area contributed by atoms with E-state index in [1.165, 1.54) is 5.32 Å². The summed E-state index contributed by atoms with van der Waals surface area (Å²) < 4.78 is 59.7. The second-order valence-electron chi connectivity index (χ2n) is 1.99. The molecule has 0 aliphatic rings. The first kappa shape index (κ1) is 11.1. The van der Waals surface area contributed by atoms with Crippen molar-refractivity contribution in [2.24, 2.45) is 0 Å². The molecule has 0 saturated heterocycles. The Hall–Kier alpha value is -0.880. The van der Waals surface area contributed by atoms with Gasteiger partial charge in [-0.05, 0) is 0 Å². The second-order valence-corrected chi connectivity index (χ2v) is 1.99. The smallest absolute Gasteiger partial charge is 0.354 e. The van der Waals surface area contributed by atoms with Gasteiger partial charge in [-0.15, -0.1) is 0 Å². The van der Waals surface area contributed by atoms with Crippen molar-refractivity contribution >= 4 is 5.91 Å². The molecule has 0 aliphatic carbocycles. The number of hydrogen-bond acceptors (Lipinski definition) is 1. The maximum Gasteiger partial charge on any atom is 0.388 e. The topological polar surface area (TPSA) is 29.1 Å². The Morgan fingerprint density at radius 1 is 1.33 bits per heavy atom. The van der Waals surface area contributed by atoms with Crippen molar-refractivity contribution in [3.8, 4) is 0 Å². The van der Waals surface area contributed by atoms with Crippen molar-refractivity contribution in [1.29, 1.82) is 0 Å². The minimum absolute atomic E-state index is 0.755. The lowest BCUT2D eigenvalue weighted by molar-refractivity contribution is -0.214. The van der Waals surface area contributed by atoms with E-state index in [1.807, 2.05) is 0 Å². The summed E-state index contributed by atoms with van der Waals surface area (Å²) in [5.41, 5.74) is 0. The van der Waals surface area contributed by atoms with Crippen LogP contribution < -0.4 is 5.32 Å². The minimum Gasteiger partial charge on any atom is -0.354 e. The van der Waals surface area contributed by atoms with Crippen molar-refractivity contribution in [1.82, 2.24) is 5.32 Å². The Balaban J connectivity index is 4.71. The third-order valence-corrected chi connectivity index (χ3v) is 1.14. The molecular formula is C5H6F5NO. The van der Waals surface area contributed by atoms with Crippen molar-refractivity contribution in [2.45, 2.75) is 11.8 Å². The third-order valence-electron chi connectivity index (χ3n) is 1.14. The van der Waals surface area contributed by atoms with Crippen LogP contribution in [0.5, 0.6) is 0 Å². The monoisotopic (exact) mass is 191 g/mol. The normalized spacial score (nSPS) is 12.8. The van der Waals surface area contributed by atoms with E-state index < -0.39 is 24.4 Å². The summed E-state index contributed by atoms with van der Waals surface area (Å²) in [5.74, 6) is -12.2. The first-order valence-corrected chi connectivity index (χ1v) is 2.83. The fourth-order valence-electron chi connectivity index (χ4n) is 0.407. The molecule has 0 rings (SSSR count). The lowest BCUT2D eigenvalue weighted by Gasteiger charge is -2.21. The SMILES string of the molecule is CNC(=O)C(F)(F)C(F)(F)CF. The molecule has 0 aromatic rings. The summed E-state index contributed by atoms with van der Waals surface area (Å²) in [5, 5.41) is 1.31. The van der Waals surface area contributed by atoms with Gasteiger partial charge in [0.1, 0.15) is 0 Å². The molecule has 0 saturated carbocycles. The van der Waals surface area contributed by atoms with Gasteiger partial charge in [-0.2, -0.15) is 17.6 Å². The zero-order valence-electron chi connectivity index (χ0n) is 6.01. The van der Waals surface area contributed by atoms with E-state index in [0.29, 0.717) is 0 Å². The molecular weight excluding hydrogens is 185 g/mol. The highest BCUT2D eigenvalue weighted by atomic mass is 19.3. The van der Waals surface area contributed by atoms with Gasteiger partial charge in [0.05, 0.1) is 0 Å². The molecule has 12 heavy (non-hydrogen) atoms. The Morgan fingerprint density at radius 2 is 1.75 bits per heavy atom. The highest BCUT2D eigenvalue weighted by molar-refractivity contribution is 5.84. The van der Waals surface area contributed by atoms with E-state index in [2.05, 4.69) is 0 Å². The first-order valence-electron chi connectivity index (χ1n) is 2.83. The van der Waals surface area contributed by atoms with Crippen LogP contribution in [0.25, 0.3) is 0 Å². The number of hydrogen-bond donors (Lipinski definition) is 1. The molecule has 0 unspecified atom stereocenters. The van der Waals surface area contributed by atoms with Crippen LogP contribution in [0, 0.1) is 0 Å². The van der Waals surface area contributed by atoms with Gasteiger partial charge < -0.3 is 5.32 Å². The second kappa shape index (κ2) is 3.24. The summed E-state index contributed by atoms with van der Waals surface area (Å²) in [6.07, 6.45) is 0. The summed E-state index contributed by atoms with van der Waals surface area (Å²) in [4.78, 5) is 10.1. The molecule has 0 radical (unpaired) electrons. The number of alkyl halides is 5. The Kier molecular flexibility index (Phi) is 3.00. The molecule has 72 valence electrons. The summed E-state index contributed by atoms with van der Waals surface area (Å²) in [7, 11) is 0.755. The highest BCUT2D eigenvalue weighted by Gasteiger charge is 2.61. The van der Waals surface area contributed by atoms with Crippen LogP contribution in [0.1, 0.15) is 0 Å². The van der Waals surface area contributed by atoms with E-state index in [-0.39, 0.29) is 0 Å². The van der Waals surface area contributed by atoms with Crippen molar-refractivity contribution in [3.63, 3.8) is 0 Å². The number of amides is 1. The predicted octanol–water partition coefficient (Wildman–Crippen LogP) is 0.972. The van der Waals surface area contributed by atoms with E-state index in [1.54, 1.807) is 0 Å². The lowest BCUT2D eigenvalue weighted by atomic mass is 10.2. The van der Waals surface area contributed by atoms with Crippen LogP contribution in [-0.4, -0.2) is 31.5 Å². The number of carbonyl (C=O) groups is 1. The Morgan fingerprint density at radius 3 is 2.00 bits per heavy atom. The molecule has 1 N–H and O–H groups in total. The van der Waals surface area contributed by atoms with Gasteiger partial charge in [0.15, 0.2) is 6.67 Å². The summed E-state index contributed by atoms with van der Waals surface area (Å²) in [6.45, 7) is -2.58. The van der Waals surface area contributed by atoms with Crippen LogP contribution in [-0.2, 0) is 4.79 Å². The molecule has 0 fully saturated rings. The van der Waals surface area contributed by atoms with Gasteiger partial charge in [-0.1, -0.05) is 0 Å². The zero-order valence-corrected chi connectivity index (χ0v) is 6.01. The molecule has 0 bridgehead atoms. The Labute approximate surface area is 64.7 Å². The third kappa shape index (κ3) is 1.64. The minimum atomic E-state index is -5.00. The van der Waals surface area contributed by atoms with Crippen LogP contribution in [0.15, 0.2) is 0 Å². The average molecular weight is 191 g/mol. The molecule has 0 aliphatic heterocycles. The maximum atomic E-state index is 12.2. The standard InChI is InChI=1S/C5H6F5NO/c1-11-3(12)5(9,10)4(7,8)2-6/h2H2,1H3,(H,11,12). The first-order chi connectivity index (χ1) is 5.29.